The Bertz CT molecular complexity index is 882. The Morgan fingerprint density at radius 1 is 0.966 bits per heavy atom. The van der Waals surface area contributed by atoms with Gasteiger partial charge in [0.1, 0.15) is 0 Å². The molecule has 5 nitrogen and oxygen atoms in total. The summed E-state index contributed by atoms with van der Waals surface area (Å²) in [6, 6.07) is 20.5. The van der Waals surface area contributed by atoms with E-state index < -0.39 is 0 Å². The lowest BCUT2D eigenvalue weighted by Crippen LogP contribution is -2.25. The summed E-state index contributed by atoms with van der Waals surface area (Å²) in [6.07, 6.45) is 5.25. The van der Waals surface area contributed by atoms with Gasteiger partial charge in [-0.25, -0.2) is 4.79 Å². The van der Waals surface area contributed by atoms with Crippen molar-refractivity contribution in [3.8, 4) is 0 Å². The average Bonchev–Trinajstić information content (AvgIpc) is 2.75. The van der Waals surface area contributed by atoms with Crippen LogP contribution in [0.2, 0.25) is 0 Å². The molecule has 1 atom stereocenters. The molecule has 2 aromatic carbocycles. The fourth-order valence-electron chi connectivity index (χ4n) is 3.38. The van der Waals surface area contributed by atoms with E-state index in [1.54, 1.807) is 0 Å². The Labute approximate surface area is 171 Å². The van der Waals surface area contributed by atoms with Crippen molar-refractivity contribution in [1.82, 2.24) is 4.90 Å². The molecule has 0 amide bonds. The second-order valence-corrected chi connectivity index (χ2v) is 6.45. The standard InChI is InChI=1S/C23H25NO2.CO2/c1-3-19-16-24(15-18-11-7-5-8-12-18)17-21(23(25)26-4-2)22(19)20-13-9-6-10-14-20;2-1-3/h5-14,16-17,22H,3-4,15H2,1-2H3;. The Morgan fingerprint density at radius 3 is 2.10 bits per heavy atom. The normalized spacial score (nSPS) is 15.2. The van der Waals surface area contributed by atoms with E-state index in [-0.39, 0.29) is 18.0 Å². The Morgan fingerprint density at radius 2 is 1.55 bits per heavy atom. The Kier molecular flexibility index (Phi) is 8.61. The maximum atomic E-state index is 12.7. The van der Waals surface area contributed by atoms with E-state index in [1.807, 2.05) is 49.5 Å². The van der Waals surface area contributed by atoms with Crippen LogP contribution >= 0.6 is 0 Å². The lowest BCUT2D eigenvalue weighted by molar-refractivity contribution is -0.191. The zero-order valence-corrected chi connectivity index (χ0v) is 16.7. The molecule has 29 heavy (non-hydrogen) atoms. The van der Waals surface area contributed by atoms with Crippen LogP contribution in [-0.4, -0.2) is 23.6 Å². The number of carbonyl (C=O) groups excluding carboxylic acids is 3. The monoisotopic (exact) mass is 391 g/mol. The summed E-state index contributed by atoms with van der Waals surface area (Å²) < 4.78 is 5.36. The zero-order valence-electron chi connectivity index (χ0n) is 16.7. The fourth-order valence-corrected chi connectivity index (χ4v) is 3.38. The first-order valence-corrected chi connectivity index (χ1v) is 9.57. The van der Waals surface area contributed by atoms with Gasteiger partial charge in [0.15, 0.2) is 0 Å². The van der Waals surface area contributed by atoms with Crippen LogP contribution in [0.15, 0.2) is 84.2 Å². The van der Waals surface area contributed by atoms with Crippen molar-refractivity contribution in [1.29, 1.82) is 0 Å². The molecule has 0 saturated heterocycles. The molecule has 2 aromatic rings. The van der Waals surface area contributed by atoms with Crippen molar-refractivity contribution < 1.29 is 19.1 Å². The van der Waals surface area contributed by atoms with Gasteiger partial charge in [0.05, 0.1) is 12.2 Å². The van der Waals surface area contributed by atoms with Crippen LogP contribution in [0.25, 0.3) is 0 Å². The maximum Gasteiger partial charge on any atom is 0.373 e. The highest BCUT2D eigenvalue weighted by Gasteiger charge is 2.30. The van der Waals surface area contributed by atoms with E-state index in [4.69, 9.17) is 14.3 Å². The van der Waals surface area contributed by atoms with Gasteiger partial charge >= 0.3 is 12.1 Å². The number of benzene rings is 2. The largest absolute Gasteiger partial charge is 0.463 e. The van der Waals surface area contributed by atoms with Crippen molar-refractivity contribution in [2.24, 2.45) is 0 Å². The van der Waals surface area contributed by atoms with Crippen molar-refractivity contribution in [3.63, 3.8) is 0 Å². The molecule has 0 fully saturated rings. The molecule has 3 rings (SSSR count). The third-order valence-electron chi connectivity index (χ3n) is 4.58. The molecule has 1 unspecified atom stereocenters. The van der Waals surface area contributed by atoms with Crippen LogP contribution in [0.3, 0.4) is 0 Å². The molecular weight excluding hydrogens is 366 g/mol. The number of carbonyl (C=O) groups is 1. The summed E-state index contributed by atoms with van der Waals surface area (Å²) in [4.78, 5) is 31.0. The fraction of sp³-hybridized carbons (Fsp3) is 0.250. The average molecular weight is 391 g/mol. The minimum atomic E-state index is -0.238. The van der Waals surface area contributed by atoms with Gasteiger partial charge in [0.25, 0.3) is 0 Å². The quantitative estimate of drug-likeness (QED) is 0.681. The van der Waals surface area contributed by atoms with Gasteiger partial charge in [-0.05, 0) is 30.0 Å². The summed E-state index contributed by atoms with van der Waals surface area (Å²) in [5, 5.41) is 0. The lowest BCUT2D eigenvalue weighted by Gasteiger charge is -2.31. The lowest BCUT2D eigenvalue weighted by atomic mass is 9.82. The van der Waals surface area contributed by atoms with Crippen LogP contribution in [0.5, 0.6) is 0 Å². The molecule has 1 aliphatic heterocycles. The van der Waals surface area contributed by atoms with E-state index in [9.17, 15) is 4.79 Å². The first kappa shape index (κ1) is 21.9. The molecule has 1 heterocycles. The third kappa shape index (κ3) is 6.03. The highest BCUT2D eigenvalue weighted by molar-refractivity contribution is 5.91. The summed E-state index contributed by atoms with van der Waals surface area (Å²) >= 11 is 0. The van der Waals surface area contributed by atoms with Crippen LogP contribution in [-0.2, 0) is 25.7 Å². The number of rotatable bonds is 6. The summed E-state index contributed by atoms with van der Waals surface area (Å²) in [5.41, 5.74) is 4.25. The van der Waals surface area contributed by atoms with E-state index in [1.165, 1.54) is 11.1 Å². The van der Waals surface area contributed by atoms with Crippen LogP contribution < -0.4 is 0 Å². The van der Waals surface area contributed by atoms with Crippen LogP contribution in [0.4, 0.5) is 0 Å². The molecule has 5 heteroatoms. The molecule has 0 aliphatic carbocycles. The van der Waals surface area contributed by atoms with Gasteiger partial charge in [-0.2, -0.15) is 9.59 Å². The SMILES string of the molecule is CCOC(=O)C1=CN(Cc2ccccc2)C=C(CC)C1c1ccccc1.O=C=O. The number of ether oxygens (including phenoxy) is 1. The molecule has 0 aromatic heterocycles. The highest BCUT2D eigenvalue weighted by atomic mass is 16.5. The van der Waals surface area contributed by atoms with Crippen molar-refractivity contribution in [3.05, 3.63) is 95.3 Å². The van der Waals surface area contributed by atoms with Crippen molar-refractivity contribution in [2.75, 3.05) is 6.61 Å². The number of nitrogens with zero attached hydrogens (tertiary/aromatic N) is 1. The van der Waals surface area contributed by atoms with E-state index in [0.717, 1.165) is 18.5 Å². The molecule has 150 valence electrons. The van der Waals surface area contributed by atoms with Crippen molar-refractivity contribution >= 4 is 12.1 Å². The second-order valence-electron chi connectivity index (χ2n) is 6.45. The predicted octanol–water partition coefficient (Wildman–Crippen LogP) is 4.44. The Hall–Kier alpha value is -3.43. The van der Waals surface area contributed by atoms with E-state index >= 15 is 0 Å². The number of hydrogen-bond donors (Lipinski definition) is 0. The summed E-state index contributed by atoms with van der Waals surface area (Å²) in [5.74, 6) is -0.286. The second kappa shape index (κ2) is 11.4. The Balaban J connectivity index is 0.000000941. The zero-order chi connectivity index (χ0) is 21.1. The molecule has 0 N–H and O–H groups in total. The molecule has 0 radical (unpaired) electrons. The molecule has 0 bridgehead atoms. The topological polar surface area (TPSA) is 63.7 Å². The van der Waals surface area contributed by atoms with Gasteiger partial charge in [0, 0.05) is 24.9 Å². The first-order valence-electron chi connectivity index (χ1n) is 9.57. The van der Waals surface area contributed by atoms with Gasteiger partial charge < -0.3 is 9.64 Å². The predicted molar refractivity (Wildman–Crippen MR) is 109 cm³/mol. The van der Waals surface area contributed by atoms with Crippen molar-refractivity contribution in [2.45, 2.75) is 32.7 Å². The van der Waals surface area contributed by atoms with Gasteiger partial charge in [-0.3, -0.25) is 0 Å². The number of esters is 1. The molecule has 1 aliphatic rings. The van der Waals surface area contributed by atoms with Gasteiger partial charge in [0.2, 0.25) is 0 Å². The third-order valence-corrected chi connectivity index (χ3v) is 4.58. The minimum Gasteiger partial charge on any atom is -0.463 e. The number of hydrogen-bond acceptors (Lipinski definition) is 5. The minimum absolute atomic E-state index is 0.0488. The van der Waals surface area contributed by atoms with Gasteiger partial charge in [-0.15, -0.1) is 0 Å². The first-order chi connectivity index (χ1) is 14.1. The maximum absolute atomic E-state index is 12.7. The smallest absolute Gasteiger partial charge is 0.373 e. The van der Waals surface area contributed by atoms with Crippen LogP contribution in [0.1, 0.15) is 37.3 Å². The summed E-state index contributed by atoms with van der Waals surface area (Å²) in [6.45, 7) is 5.09. The van der Waals surface area contributed by atoms with Crippen LogP contribution in [0, 0.1) is 0 Å². The molecule has 0 spiro atoms. The number of allylic oxidation sites excluding steroid dienone is 1. The van der Waals surface area contributed by atoms with E-state index in [0.29, 0.717) is 12.2 Å². The summed E-state index contributed by atoms with van der Waals surface area (Å²) in [7, 11) is 0. The van der Waals surface area contributed by atoms with Gasteiger partial charge in [-0.1, -0.05) is 67.6 Å². The van der Waals surface area contributed by atoms with E-state index in [2.05, 4.69) is 42.3 Å². The molecule has 0 saturated carbocycles. The molecular formula is C24H25NO4. The highest BCUT2D eigenvalue weighted by Crippen LogP contribution is 2.38.